The molecule has 0 aromatic heterocycles. The number of hydrogen-bond acceptors (Lipinski definition) is 2. The molecule has 0 aliphatic heterocycles. The number of carbonyl (C=O) groups excluding carboxylic acids is 1. The quantitative estimate of drug-likeness (QED) is 0.854. The Hall–Kier alpha value is -2.00. The highest BCUT2D eigenvalue weighted by atomic mass is 35.5. The molecule has 0 spiro atoms. The number of halogens is 1. The Morgan fingerprint density at radius 3 is 2.32 bits per heavy atom. The van der Waals surface area contributed by atoms with Crippen LogP contribution in [-0.4, -0.2) is 12.0 Å². The van der Waals surface area contributed by atoms with Crippen LogP contribution in [0, 0.1) is 0 Å². The lowest BCUT2D eigenvalue weighted by molar-refractivity contribution is -0.122. The summed E-state index contributed by atoms with van der Waals surface area (Å²) in [5.41, 5.74) is 1.93. The predicted molar refractivity (Wildman–Crippen MR) is 90.7 cm³/mol. The molecule has 1 N–H and O–H groups in total. The smallest absolute Gasteiger partial charge is 0.265 e. The van der Waals surface area contributed by atoms with Crippen LogP contribution < -0.4 is 10.1 Å². The highest BCUT2D eigenvalue weighted by molar-refractivity contribution is 6.30. The van der Waals surface area contributed by atoms with Crippen molar-refractivity contribution >= 4 is 23.2 Å². The summed E-state index contributed by atoms with van der Waals surface area (Å²) in [6, 6.07) is 14.8. The Morgan fingerprint density at radius 2 is 1.68 bits per heavy atom. The van der Waals surface area contributed by atoms with Crippen molar-refractivity contribution in [2.24, 2.45) is 0 Å². The molecule has 0 bridgehead atoms. The average Bonchev–Trinajstić information content (AvgIpc) is 2.49. The first-order valence-electron chi connectivity index (χ1n) is 7.29. The van der Waals surface area contributed by atoms with Gasteiger partial charge in [-0.05, 0) is 48.7 Å². The van der Waals surface area contributed by atoms with Gasteiger partial charge in [0.2, 0.25) is 0 Å². The molecule has 2 aromatic rings. The summed E-state index contributed by atoms with van der Waals surface area (Å²) in [4.78, 5) is 12.3. The van der Waals surface area contributed by atoms with Crippen LogP contribution >= 0.6 is 11.6 Å². The maximum Gasteiger partial charge on any atom is 0.265 e. The van der Waals surface area contributed by atoms with Crippen LogP contribution in [0.4, 0.5) is 5.69 Å². The van der Waals surface area contributed by atoms with Crippen LogP contribution in [0.15, 0.2) is 48.5 Å². The summed E-state index contributed by atoms with van der Waals surface area (Å²) in [6.07, 6.45) is -0.596. The van der Waals surface area contributed by atoms with Gasteiger partial charge in [0.25, 0.3) is 5.91 Å². The maximum atomic E-state index is 12.3. The summed E-state index contributed by atoms with van der Waals surface area (Å²) >= 11 is 5.83. The van der Waals surface area contributed by atoms with Gasteiger partial charge in [-0.25, -0.2) is 0 Å². The second-order valence-corrected chi connectivity index (χ2v) is 5.88. The van der Waals surface area contributed by atoms with Gasteiger partial charge in [0.15, 0.2) is 6.10 Å². The first-order chi connectivity index (χ1) is 10.5. The molecule has 0 aliphatic rings. The zero-order valence-electron chi connectivity index (χ0n) is 13.0. The molecule has 1 amide bonds. The number of carbonyl (C=O) groups is 1. The second-order valence-electron chi connectivity index (χ2n) is 5.45. The van der Waals surface area contributed by atoms with Crippen molar-refractivity contribution in [3.05, 3.63) is 59.1 Å². The van der Waals surface area contributed by atoms with E-state index >= 15 is 0 Å². The van der Waals surface area contributed by atoms with Gasteiger partial charge in [0.05, 0.1) is 0 Å². The van der Waals surface area contributed by atoms with Gasteiger partial charge < -0.3 is 10.1 Å². The highest BCUT2D eigenvalue weighted by Crippen LogP contribution is 2.24. The van der Waals surface area contributed by atoms with E-state index < -0.39 is 6.10 Å². The highest BCUT2D eigenvalue weighted by Gasteiger charge is 2.16. The summed E-state index contributed by atoms with van der Waals surface area (Å²) in [6.45, 7) is 5.92. The van der Waals surface area contributed by atoms with Crippen LogP contribution in [0.5, 0.6) is 5.75 Å². The SMILES string of the molecule is CC(C)c1ccccc1NC(=O)[C@@H](C)Oc1ccc(Cl)cc1. The number of amides is 1. The minimum absolute atomic E-state index is 0.178. The van der Waals surface area contributed by atoms with Crippen molar-refractivity contribution in [1.82, 2.24) is 0 Å². The fourth-order valence-corrected chi connectivity index (χ4v) is 2.25. The van der Waals surface area contributed by atoms with Gasteiger partial charge in [0, 0.05) is 10.7 Å². The number of nitrogens with one attached hydrogen (secondary N) is 1. The molecule has 116 valence electrons. The molecule has 2 rings (SSSR count). The molecular weight excluding hydrogens is 298 g/mol. The maximum absolute atomic E-state index is 12.3. The van der Waals surface area contributed by atoms with Crippen LogP contribution in [-0.2, 0) is 4.79 Å². The van der Waals surface area contributed by atoms with Crippen molar-refractivity contribution in [2.45, 2.75) is 32.8 Å². The number of para-hydroxylation sites is 1. The Labute approximate surface area is 136 Å². The zero-order chi connectivity index (χ0) is 16.1. The first kappa shape index (κ1) is 16.4. The summed E-state index contributed by atoms with van der Waals surface area (Å²) in [5.74, 6) is 0.774. The standard InChI is InChI=1S/C18H20ClNO2/c1-12(2)16-6-4-5-7-17(16)20-18(21)13(3)22-15-10-8-14(19)9-11-15/h4-13H,1-3H3,(H,20,21)/t13-/m1/s1. The third kappa shape index (κ3) is 4.25. The van der Waals surface area contributed by atoms with Gasteiger partial charge >= 0.3 is 0 Å². The van der Waals surface area contributed by atoms with Crippen LogP contribution in [0.3, 0.4) is 0 Å². The van der Waals surface area contributed by atoms with Crippen molar-refractivity contribution in [3.8, 4) is 5.75 Å². The Morgan fingerprint density at radius 1 is 1.05 bits per heavy atom. The minimum Gasteiger partial charge on any atom is -0.481 e. The van der Waals surface area contributed by atoms with Crippen molar-refractivity contribution in [3.63, 3.8) is 0 Å². The van der Waals surface area contributed by atoms with E-state index in [1.54, 1.807) is 31.2 Å². The van der Waals surface area contributed by atoms with Crippen molar-refractivity contribution in [1.29, 1.82) is 0 Å². The third-order valence-corrected chi connectivity index (χ3v) is 3.59. The summed E-state index contributed by atoms with van der Waals surface area (Å²) in [5, 5.41) is 3.57. The Kier molecular flexibility index (Phi) is 5.45. The minimum atomic E-state index is -0.596. The molecule has 2 aromatic carbocycles. The lowest BCUT2D eigenvalue weighted by Crippen LogP contribution is -2.30. The van der Waals surface area contributed by atoms with Crippen molar-refractivity contribution in [2.75, 3.05) is 5.32 Å². The summed E-state index contributed by atoms with van der Waals surface area (Å²) < 4.78 is 5.63. The van der Waals surface area contributed by atoms with Gasteiger partial charge in [-0.2, -0.15) is 0 Å². The molecule has 1 atom stereocenters. The first-order valence-corrected chi connectivity index (χ1v) is 7.67. The molecule has 4 heteroatoms. The van der Waals surface area contributed by atoms with Crippen molar-refractivity contribution < 1.29 is 9.53 Å². The van der Waals surface area contributed by atoms with Crippen LogP contribution in [0.2, 0.25) is 5.02 Å². The topological polar surface area (TPSA) is 38.3 Å². The fraction of sp³-hybridized carbons (Fsp3) is 0.278. The fourth-order valence-electron chi connectivity index (χ4n) is 2.12. The molecule has 0 aliphatic carbocycles. The van der Waals surface area contributed by atoms with E-state index in [1.807, 2.05) is 24.3 Å². The molecule has 0 saturated carbocycles. The lowest BCUT2D eigenvalue weighted by atomic mass is 10.0. The zero-order valence-corrected chi connectivity index (χ0v) is 13.7. The monoisotopic (exact) mass is 317 g/mol. The van der Waals surface area contributed by atoms with Gasteiger partial charge in [-0.1, -0.05) is 43.6 Å². The van der Waals surface area contributed by atoms with Crippen LogP contribution in [0.25, 0.3) is 0 Å². The van der Waals surface area contributed by atoms with Crippen LogP contribution in [0.1, 0.15) is 32.3 Å². The lowest BCUT2D eigenvalue weighted by Gasteiger charge is -2.17. The van der Waals surface area contributed by atoms with E-state index in [4.69, 9.17) is 16.3 Å². The van der Waals surface area contributed by atoms with Gasteiger partial charge in [0.1, 0.15) is 5.75 Å². The molecule has 22 heavy (non-hydrogen) atoms. The predicted octanol–water partition coefficient (Wildman–Crippen LogP) is 4.87. The normalized spacial score (nSPS) is 12.0. The number of hydrogen-bond donors (Lipinski definition) is 1. The molecule has 3 nitrogen and oxygen atoms in total. The van der Waals surface area contributed by atoms with Gasteiger partial charge in [-0.15, -0.1) is 0 Å². The number of ether oxygens (including phenoxy) is 1. The van der Waals surface area contributed by atoms with E-state index in [9.17, 15) is 4.79 Å². The number of rotatable bonds is 5. The third-order valence-electron chi connectivity index (χ3n) is 3.34. The van der Waals surface area contributed by atoms with E-state index in [-0.39, 0.29) is 5.91 Å². The van der Waals surface area contributed by atoms with E-state index in [1.165, 1.54) is 0 Å². The molecule has 0 heterocycles. The summed E-state index contributed by atoms with van der Waals surface area (Å²) in [7, 11) is 0. The van der Waals surface area contributed by atoms with Gasteiger partial charge in [-0.3, -0.25) is 4.79 Å². The Balaban J connectivity index is 2.04. The number of benzene rings is 2. The molecule has 0 saturated heterocycles. The number of anilines is 1. The average molecular weight is 318 g/mol. The molecule has 0 fully saturated rings. The largest absolute Gasteiger partial charge is 0.481 e. The molecule has 0 unspecified atom stereocenters. The van der Waals surface area contributed by atoms with E-state index in [2.05, 4.69) is 19.2 Å². The second kappa shape index (κ2) is 7.32. The molecule has 0 radical (unpaired) electrons. The molecular formula is C18H20ClNO2. The van der Waals surface area contributed by atoms with E-state index in [0.29, 0.717) is 16.7 Å². The van der Waals surface area contributed by atoms with E-state index in [0.717, 1.165) is 11.3 Å². The Bertz CT molecular complexity index is 638.